The summed E-state index contributed by atoms with van der Waals surface area (Å²) in [6.45, 7) is 2.36. The van der Waals surface area contributed by atoms with Crippen molar-refractivity contribution in [1.29, 1.82) is 0 Å². The lowest BCUT2D eigenvalue weighted by atomic mass is 10.1. The van der Waals surface area contributed by atoms with Gasteiger partial charge in [0.25, 0.3) is 0 Å². The molecule has 4 N–H and O–H groups in total. The Morgan fingerprint density at radius 1 is 0.349 bits per heavy atom. The maximum atomic E-state index is 12.9. The predicted molar refractivity (Wildman–Crippen MR) is 334 cm³/mol. The summed E-state index contributed by atoms with van der Waals surface area (Å²) in [6, 6.07) is 0. The summed E-state index contributed by atoms with van der Waals surface area (Å²) in [5.74, 6) is -1.62. The van der Waals surface area contributed by atoms with E-state index in [0.29, 0.717) is 19.3 Å². The zero-order valence-electron chi connectivity index (χ0n) is 51.3. The molecule has 0 heterocycles. The van der Waals surface area contributed by atoms with E-state index in [0.717, 1.165) is 154 Å². The minimum Gasteiger partial charge on any atom is -0.463 e. The molecular weight excluding hydrogens is 1100 g/mol. The van der Waals surface area contributed by atoms with Gasteiger partial charge in [0.2, 0.25) is 0 Å². The van der Waals surface area contributed by atoms with Crippen LogP contribution in [0.5, 0.6) is 0 Å². The number of aliphatic hydroxyl groups excluding tert-OH is 2. The number of phosphoric ester groups is 2. The van der Waals surface area contributed by atoms with Crippen molar-refractivity contribution in [1.82, 2.24) is 0 Å². The maximum absolute atomic E-state index is 12.9. The molecule has 0 aliphatic rings. The highest BCUT2D eigenvalue weighted by Crippen LogP contribution is 2.45. The number of carbonyl (C=O) groups is 3. The van der Waals surface area contributed by atoms with Crippen LogP contribution in [0, 0.1) is 0 Å². The van der Waals surface area contributed by atoms with Crippen LogP contribution in [0.4, 0.5) is 0 Å². The van der Waals surface area contributed by atoms with Crippen LogP contribution in [-0.2, 0) is 55.8 Å². The normalized spacial score (nSPS) is 15.0. The highest BCUT2D eigenvalue weighted by Gasteiger charge is 2.29. The van der Waals surface area contributed by atoms with Crippen LogP contribution in [0.2, 0.25) is 0 Å². The number of aliphatic hydroxyl groups is 2. The van der Waals surface area contributed by atoms with Gasteiger partial charge in [0.15, 0.2) is 6.10 Å². The van der Waals surface area contributed by atoms with Gasteiger partial charge < -0.3 is 34.2 Å². The Labute approximate surface area is 501 Å². The van der Waals surface area contributed by atoms with Crippen molar-refractivity contribution in [2.24, 2.45) is 0 Å². The molecule has 16 nitrogen and oxygen atoms in total. The van der Waals surface area contributed by atoms with Crippen LogP contribution in [0.25, 0.3) is 0 Å². The fourth-order valence-electron chi connectivity index (χ4n) is 7.98. The monoisotopic (exact) mass is 1210 g/mol. The molecule has 83 heavy (non-hydrogen) atoms. The number of rotatable bonds is 59. The largest absolute Gasteiger partial charge is 0.472 e. The van der Waals surface area contributed by atoms with Gasteiger partial charge in [0.05, 0.1) is 26.4 Å². The first-order valence-electron chi connectivity index (χ1n) is 31.5. The smallest absolute Gasteiger partial charge is 0.463 e. The molecule has 0 radical (unpaired) electrons. The molecule has 0 fully saturated rings. The number of hydrogen-bond acceptors (Lipinski definition) is 14. The summed E-state index contributed by atoms with van der Waals surface area (Å²) in [6.07, 6.45) is 61.8. The lowest BCUT2D eigenvalue weighted by Crippen LogP contribution is -2.30. The summed E-state index contributed by atoms with van der Waals surface area (Å²) in [5.41, 5.74) is 0. The van der Waals surface area contributed by atoms with E-state index in [-0.39, 0.29) is 19.3 Å². The fraction of sp³-hybridized carbons (Fsp3) is 0.708. The minimum atomic E-state index is -4.92. The fourth-order valence-corrected chi connectivity index (χ4v) is 9.57. The number of esters is 3. The van der Waals surface area contributed by atoms with Crippen molar-refractivity contribution in [3.8, 4) is 0 Å². The second-order valence-corrected chi connectivity index (χ2v) is 23.7. The molecule has 0 amide bonds. The zero-order chi connectivity index (χ0) is 61.0. The van der Waals surface area contributed by atoms with Crippen molar-refractivity contribution in [2.75, 3.05) is 39.6 Å². The summed E-state index contributed by atoms with van der Waals surface area (Å²) >= 11 is 0. The molecule has 0 aromatic rings. The number of unbranched alkanes of at least 4 members (excludes halogenated alkanes) is 20. The zero-order valence-corrected chi connectivity index (χ0v) is 53.1. The summed E-state index contributed by atoms with van der Waals surface area (Å²) in [4.78, 5) is 58.2. The van der Waals surface area contributed by atoms with Crippen LogP contribution in [-0.4, -0.2) is 95.9 Å². The van der Waals surface area contributed by atoms with E-state index in [2.05, 4.69) is 118 Å². The van der Waals surface area contributed by atoms with E-state index in [1.54, 1.807) is 0 Å². The second kappa shape index (κ2) is 58.8. The van der Waals surface area contributed by atoms with Gasteiger partial charge in [-0.25, -0.2) is 9.13 Å². The minimum absolute atomic E-state index is 0.0894. The molecular formula is C65H112O16P2. The Bertz CT molecular complexity index is 1910. The summed E-state index contributed by atoms with van der Waals surface area (Å²) in [7, 11) is -9.78. The first-order valence-corrected chi connectivity index (χ1v) is 34.5. The quantitative estimate of drug-likeness (QED) is 0.0146. The third kappa shape index (κ3) is 60.0. The number of ether oxygens (including phenoxy) is 3. The topological polar surface area (TPSA) is 231 Å². The summed E-state index contributed by atoms with van der Waals surface area (Å²) < 4.78 is 60.7. The average molecular weight is 1210 g/mol. The van der Waals surface area contributed by atoms with Crippen molar-refractivity contribution >= 4 is 33.6 Å². The van der Waals surface area contributed by atoms with Gasteiger partial charge >= 0.3 is 33.6 Å². The van der Waals surface area contributed by atoms with E-state index >= 15 is 0 Å². The van der Waals surface area contributed by atoms with Crippen molar-refractivity contribution in [3.63, 3.8) is 0 Å². The Balaban J connectivity index is 4.67. The van der Waals surface area contributed by atoms with Gasteiger partial charge in [-0.15, -0.1) is 0 Å². The lowest BCUT2D eigenvalue weighted by molar-refractivity contribution is -0.161. The van der Waals surface area contributed by atoms with E-state index in [1.165, 1.54) is 25.7 Å². The lowest BCUT2D eigenvalue weighted by Gasteiger charge is -2.21. The van der Waals surface area contributed by atoms with Gasteiger partial charge in [0.1, 0.15) is 25.4 Å². The molecule has 18 heteroatoms. The molecule has 0 aromatic heterocycles. The van der Waals surface area contributed by atoms with Crippen LogP contribution < -0.4 is 0 Å². The molecule has 5 unspecified atom stereocenters. The van der Waals surface area contributed by atoms with Crippen LogP contribution in [0.1, 0.15) is 239 Å². The SMILES string of the molecule is CC/C=C\C/C=C\C/C=C\C/C=C\CCCCCCCCC(=O)OCC(O)COP(=O)(O)OCC(O)COP(=O)(O)OCC(COC(=O)CCCCCCC/C=C\C/C=C\C/C=C\CC)OC(=O)CCCCCCC/C=C\CCCCCC. The number of hydrogen-bond donors (Lipinski definition) is 4. The van der Waals surface area contributed by atoms with E-state index in [4.69, 9.17) is 32.3 Å². The average Bonchev–Trinajstić information content (AvgIpc) is 3.46. The van der Waals surface area contributed by atoms with E-state index in [1.807, 2.05) is 0 Å². The first kappa shape index (κ1) is 79.5. The molecule has 0 aliphatic carbocycles. The molecule has 0 aliphatic heterocycles. The van der Waals surface area contributed by atoms with E-state index < -0.39 is 91.5 Å². The third-order valence-electron chi connectivity index (χ3n) is 12.8. The Kier molecular flexibility index (Phi) is 56.3. The van der Waals surface area contributed by atoms with Crippen molar-refractivity contribution in [2.45, 2.75) is 257 Å². The van der Waals surface area contributed by atoms with Crippen molar-refractivity contribution < 1.29 is 75.8 Å². The van der Waals surface area contributed by atoms with Gasteiger partial charge in [0, 0.05) is 19.3 Å². The van der Waals surface area contributed by atoms with Gasteiger partial charge in [-0.05, 0) is 116 Å². The molecule has 0 spiro atoms. The Hall–Kier alpha value is -3.53. The molecule has 0 aromatic carbocycles. The molecule has 478 valence electrons. The van der Waals surface area contributed by atoms with Crippen LogP contribution >= 0.6 is 15.6 Å². The number of carbonyl (C=O) groups excluding carboxylic acids is 3. The standard InChI is InChI=1S/C65H112O16P2/c1-4-7-10-13-16-19-22-25-27-28-29-30-32-35-36-39-42-45-48-51-63(68)75-54-60(66)55-77-82(71,72)78-56-61(67)57-79-83(73,74)80-59-62(81-65(70)53-50-47-44-41-38-33-24-21-18-15-12-9-6-3)58-76-64(69)52-49-46-43-40-37-34-31-26-23-20-17-14-11-8-5-2/h7-8,10-11,16-17,19-21,24-27,29-31,60-62,66-67H,4-6,9,12-15,18,22-23,28,32-59H2,1-3H3,(H,71,72)(H,73,74)/b10-7-,11-8-,19-16-,20-17-,24-21-,27-25-,30-29-,31-26-. The van der Waals surface area contributed by atoms with Gasteiger partial charge in [-0.1, -0.05) is 201 Å². The molecule has 0 rings (SSSR count). The van der Waals surface area contributed by atoms with E-state index in [9.17, 15) is 43.5 Å². The Morgan fingerprint density at radius 3 is 1.02 bits per heavy atom. The summed E-state index contributed by atoms with van der Waals surface area (Å²) in [5, 5.41) is 20.5. The molecule has 5 atom stereocenters. The van der Waals surface area contributed by atoms with Gasteiger partial charge in [-0.3, -0.25) is 32.5 Å². The molecule has 0 saturated heterocycles. The predicted octanol–water partition coefficient (Wildman–Crippen LogP) is 16.7. The Morgan fingerprint density at radius 2 is 0.639 bits per heavy atom. The second-order valence-electron chi connectivity index (χ2n) is 20.8. The van der Waals surface area contributed by atoms with Crippen molar-refractivity contribution in [3.05, 3.63) is 97.2 Å². The number of allylic oxidation sites excluding steroid dienone is 16. The maximum Gasteiger partial charge on any atom is 0.472 e. The van der Waals surface area contributed by atoms with Crippen LogP contribution in [0.15, 0.2) is 97.2 Å². The first-order chi connectivity index (χ1) is 40.2. The van der Waals surface area contributed by atoms with Crippen LogP contribution in [0.3, 0.4) is 0 Å². The highest BCUT2D eigenvalue weighted by atomic mass is 31.2. The van der Waals surface area contributed by atoms with Gasteiger partial charge in [-0.2, -0.15) is 0 Å². The molecule has 0 saturated carbocycles. The highest BCUT2D eigenvalue weighted by molar-refractivity contribution is 7.47. The molecule has 0 bridgehead atoms. The third-order valence-corrected chi connectivity index (χ3v) is 14.7. The number of phosphoric acid groups is 2.